The summed E-state index contributed by atoms with van der Waals surface area (Å²) >= 11 is 0. The summed E-state index contributed by atoms with van der Waals surface area (Å²) in [6.07, 6.45) is 6.08. The highest BCUT2D eigenvalue weighted by Gasteiger charge is 2.41. The molecular weight excluding hydrogens is 276 g/mol. The lowest BCUT2D eigenvalue weighted by atomic mass is 9.85. The molecule has 5 heteroatoms. The maximum Gasteiger partial charge on any atom is 0.248 e. The van der Waals surface area contributed by atoms with Crippen molar-refractivity contribution in [1.29, 1.82) is 0 Å². The number of amides is 1. The first-order valence-electron chi connectivity index (χ1n) is 8.17. The number of alkyl halides is 2. The highest BCUT2D eigenvalue weighted by atomic mass is 19.3. The van der Waals surface area contributed by atoms with Gasteiger partial charge in [0.15, 0.2) is 0 Å². The average Bonchev–Trinajstić information content (AvgIpc) is 2.61. The van der Waals surface area contributed by atoms with E-state index in [1.807, 2.05) is 0 Å². The Balaban J connectivity index is 1.92. The Labute approximate surface area is 125 Å². The van der Waals surface area contributed by atoms with Gasteiger partial charge >= 0.3 is 0 Å². The van der Waals surface area contributed by atoms with E-state index in [4.69, 9.17) is 0 Å². The topological polar surface area (TPSA) is 40.5 Å². The molecule has 0 bridgehead atoms. The summed E-state index contributed by atoms with van der Waals surface area (Å²) in [5, 5.41) is 10.6. The lowest BCUT2D eigenvalue weighted by molar-refractivity contribution is -0.144. The van der Waals surface area contributed by atoms with E-state index in [2.05, 4.69) is 0 Å². The van der Waals surface area contributed by atoms with Gasteiger partial charge in [-0.2, -0.15) is 0 Å². The van der Waals surface area contributed by atoms with E-state index < -0.39 is 17.4 Å². The van der Waals surface area contributed by atoms with Gasteiger partial charge in [-0.05, 0) is 25.7 Å². The van der Waals surface area contributed by atoms with E-state index >= 15 is 0 Å². The largest absolute Gasteiger partial charge is 0.388 e. The van der Waals surface area contributed by atoms with Crippen LogP contribution in [0, 0.1) is 5.92 Å². The van der Waals surface area contributed by atoms with Gasteiger partial charge in [0.1, 0.15) is 0 Å². The Morgan fingerprint density at radius 1 is 1.14 bits per heavy atom. The molecule has 1 amide bonds. The predicted octanol–water partition coefficient (Wildman–Crippen LogP) is 3.36. The molecule has 0 radical (unpaired) electrons. The van der Waals surface area contributed by atoms with Crippen LogP contribution in [-0.2, 0) is 4.79 Å². The first-order valence-corrected chi connectivity index (χ1v) is 8.17. The van der Waals surface area contributed by atoms with Crippen molar-refractivity contribution < 1.29 is 18.7 Å². The summed E-state index contributed by atoms with van der Waals surface area (Å²) in [6.45, 7) is 0.272. The molecule has 2 aliphatic carbocycles. The lowest BCUT2D eigenvalue weighted by Gasteiger charge is -2.35. The van der Waals surface area contributed by atoms with Crippen LogP contribution in [0.1, 0.15) is 64.2 Å². The molecule has 2 aliphatic rings. The zero-order chi connectivity index (χ0) is 15.5. The highest BCUT2D eigenvalue weighted by Crippen LogP contribution is 2.37. The van der Waals surface area contributed by atoms with E-state index in [9.17, 15) is 18.7 Å². The monoisotopic (exact) mass is 303 g/mol. The number of carbonyl (C=O) groups is 1. The quantitative estimate of drug-likeness (QED) is 0.812. The second-order valence-electron chi connectivity index (χ2n) is 6.98. The fourth-order valence-electron chi connectivity index (χ4n) is 3.76. The first kappa shape index (κ1) is 16.7. The molecule has 2 saturated carbocycles. The minimum Gasteiger partial charge on any atom is -0.388 e. The number of rotatable bonds is 3. The molecule has 2 rings (SSSR count). The average molecular weight is 303 g/mol. The van der Waals surface area contributed by atoms with E-state index in [1.54, 1.807) is 7.05 Å². The van der Waals surface area contributed by atoms with Gasteiger partial charge in [-0.15, -0.1) is 0 Å². The Hall–Kier alpha value is -0.710. The van der Waals surface area contributed by atoms with Gasteiger partial charge in [0.05, 0.1) is 5.60 Å². The molecule has 0 aliphatic heterocycles. The number of nitrogens with zero attached hydrogens (tertiary/aromatic N) is 1. The van der Waals surface area contributed by atoms with Crippen LogP contribution in [0.15, 0.2) is 0 Å². The minimum atomic E-state index is -2.71. The SMILES string of the molecule is CN(CC1(O)CCCCCC1)C(=O)[C@@H]1CCCC(F)(F)C1. The van der Waals surface area contributed by atoms with Crippen LogP contribution in [0.5, 0.6) is 0 Å². The Morgan fingerprint density at radius 3 is 2.33 bits per heavy atom. The van der Waals surface area contributed by atoms with Gasteiger partial charge in [-0.25, -0.2) is 8.78 Å². The van der Waals surface area contributed by atoms with Gasteiger partial charge in [-0.3, -0.25) is 4.79 Å². The zero-order valence-corrected chi connectivity index (χ0v) is 12.9. The van der Waals surface area contributed by atoms with Gasteiger partial charge in [-0.1, -0.05) is 25.7 Å². The van der Waals surface area contributed by atoms with E-state index in [1.165, 1.54) is 4.90 Å². The van der Waals surface area contributed by atoms with Crippen molar-refractivity contribution in [2.75, 3.05) is 13.6 Å². The van der Waals surface area contributed by atoms with Crippen LogP contribution in [0.2, 0.25) is 0 Å². The molecular formula is C16H27F2NO2. The molecule has 3 nitrogen and oxygen atoms in total. The van der Waals surface area contributed by atoms with Crippen molar-refractivity contribution in [3.05, 3.63) is 0 Å². The van der Waals surface area contributed by atoms with Gasteiger partial charge in [0.2, 0.25) is 11.8 Å². The Bertz CT molecular complexity index is 365. The molecule has 0 aromatic rings. The summed E-state index contributed by atoms with van der Waals surface area (Å²) in [5.41, 5.74) is -0.835. The number of carbonyl (C=O) groups excluding carboxylic acids is 1. The zero-order valence-electron chi connectivity index (χ0n) is 12.9. The standard InChI is InChI=1S/C16H27F2NO2/c1-19(12-15(21)8-4-2-3-5-9-15)14(20)13-7-6-10-16(17,18)11-13/h13,21H,2-12H2,1H3/t13-/m1/s1. The Kier molecular flexibility index (Phi) is 5.23. The third-order valence-corrected chi connectivity index (χ3v) is 4.93. The maximum atomic E-state index is 13.4. The van der Waals surface area contributed by atoms with Crippen LogP contribution < -0.4 is 0 Å². The first-order chi connectivity index (χ1) is 9.81. The second kappa shape index (κ2) is 6.59. The van der Waals surface area contributed by atoms with Crippen molar-refractivity contribution in [1.82, 2.24) is 4.90 Å². The van der Waals surface area contributed by atoms with Crippen LogP contribution in [-0.4, -0.2) is 41.0 Å². The van der Waals surface area contributed by atoms with E-state index in [0.717, 1.165) is 25.7 Å². The maximum absolute atomic E-state index is 13.4. The normalized spacial score (nSPS) is 28.7. The van der Waals surface area contributed by atoms with Crippen molar-refractivity contribution in [3.63, 3.8) is 0 Å². The van der Waals surface area contributed by atoms with E-state index in [-0.39, 0.29) is 25.3 Å². The molecule has 0 spiro atoms. The fourth-order valence-corrected chi connectivity index (χ4v) is 3.76. The predicted molar refractivity (Wildman–Crippen MR) is 77.2 cm³/mol. The Morgan fingerprint density at radius 2 is 1.76 bits per heavy atom. The number of hydrogen-bond donors (Lipinski definition) is 1. The molecule has 21 heavy (non-hydrogen) atoms. The lowest BCUT2D eigenvalue weighted by Crippen LogP contribution is -2.46. The van der Waals surface area contributed by atoms with Crippen molar-refractivity contribution in [3.8, 4) is 0 Å². The fraction of sp³-hybridized carbons (Fsp3) is 0.938. The number of hydrogen-bond acceptors (Lipinski definition) is 2. The molecule has 0 saturated heterocycles. The number of aliphatic hydroxyl groups is 1. The van der Waals surface area contributed by atoms with Crippen molar-refractivity contribution >= 4 is 5.91 Å². The minimum absolute atomic E-state index is 0.107. The molecule has 1 atom stereocenters. The van der Waals surface area contributed by atoms with Crippen LogP contribution in [0.4, 0.5) is 8.78 Å². The molecule has 0 unspecified atom stereocenters. The number of likely N-dealkylation sites (N-methyl/N-ethyl adjacent to an activating group) is 1. The molecule has 2 fully saturated rings. The van der Waals surface area contributed by atoms with Gasteiger partial charge < -0.3 is 10.0 Å². The second-order valence-corrected chi connectivity index (χ2v) is 6.98. The summed E-state index contributed by atoms with van der Waals surface area (Å²) in [5.74, 6) is -3.53. The summed E-state index contributed by atoms with van der Waals surface area (Å²) in [7, 11) is 1.64. The van der Waals surface area contributed by atoms with E-state index in [0.29, 0.717) is 25.7 Å². The third kappa shape index (κ3) is 4.63. The van der Waals surface area contributed by atoms with Gasteiger partial charge in [0, 0.05) is 32.4 Å². The molecule has 1 N–H and O–H groups in total. The molecule has 122 valence electrons. The molecule has 0 aromatic carbocycles. The smallest absolute Gasteiger partial charge is 0.248 e. The van der Waals surface area contributed by atoms with Crippen molar-refractivity contribution in [2.45, 2.75) is 75.7 Å². The third-order valence-electron chi connectivity index (χ3n) is 4.93. The summed E-state index contributed by atoms with van der Waals surface area (Å²) < 4.78 is 26.9. The van der Waals surface area contributed by atoms with Crippen LogP contribution in [0.3, 0.4) is 0 Å². The molecule has 0 heterocycles. The van der Waals surface area contributed by atoms with Crippen LogP contribution in [0.25, 0.3) is 0 Å². The summed E-state index contributed by atoms with van der Waals surface area (Å²) in [4.78, 5) is 13.9. The van der Waals surface area contributed by atoms with Crippen LogP contribution >= 0.6 is 0 Å². The highest BCUT2D eigenvalue weighted by molar-refractivity contribution is 5.78. The number of halogens is 2. The van der Waals surface area contributed by atoms with Gasteiger partial charge in [0.25, 0.3) is 0 Å². The summed E-state index contributed by atoms with van der Waals surface area (Å²) in [6, 6.07) is 0. The van der Waals surface area contributed by atoms with Crippen molar-refractivity contribution in [2.24, 2.45) is 5.92 Å². The molecule has 0 aromatic heterocycles.